The quantitative estimate of drug-likeness (QED) is 0.648. The number of carboxylic acid groups (broad SMARTS) is 1. The van der Waals surface area contributed by atoms with E-state index in [4.69, 9.17) is 9.84 Å². The fraction of sp³-hybridized carbons (Fsp3) is 0.409. The Morgan fingerprint density at radius 3 is 2.44 bits per heavy atom. The van der Waals surface area contributed by atoms with Gasteiger partial charge in [0.15, 0.2) is 0 Å². The smallest absolute Gasteiger partial charge is 0.306 e. The molecule has 134 valence electrons. The van der Waals surface area contributed by atoms with E-state index in [1.807, 2.05) is 24.3 Å². The van der Waals surface area contributed by atoms with E-state index in [0.29, 0.717) is 6.42 Å². The Morgan fingerprint density at radius 1 is 1.08 bits per heavy atom. The summed E-state index contributed by atoms with van der Waals surface area (Å²) in [6.07, 6.45) is 3.66. The second kappa shape index (κ2) is 9.26. The highest BCUT2D eigenvalue weighted by Gasteiger charge is 2.14. The molecule has 0 aliphatic carbocycles. The van der Waals surface area contributed by atoms with Crippen molar-refractivity contribution in [3.8, 4) is 16.9 Å². The summed E-state index contributed by atoms with van der Waals surface area (Å²) in [5.41, 5.74) is 3.33. The molecule has 3 heteroatoms. The maximum atomic E-state index is 11.0. The van der Waals surface area contributed by atoms with Crippen molar-refractivity contribution < 1.29 is 14.6 Å². The van der Waals surface area contributed by atoms with Crippen molar-refractivity contribution in [2.45, 2.75) is 52.6 Å². The van der Waals surface area contributed by atoms with E-state index >= 15 is 0 Å². The second-order valence-corrected chi connectivity index (χ2v) is 6.69. The lowest BCUT2D eigenvalue weighted by Gasteiger charge is -2.18. The molecule has 0 aliphatic rings. The maximum Gasteiger partial charge on any atom is 0.306 e. The zero-order valence-corrected chi connectivity index (χ0v) is 15.4. The third-order valence-corrected chi connectivity index (χ3v) is 4.44. The van der Waals surface area contributed by atoms with Crippen LogP contribution in [0.5, 0.6) is 5.75 Å². The lowest BCUT2D eigenvalue weighted by molar-refractivity contribution is -0.141. The first-order valence-corrected chi connectivity index (χ1v) is 9.09. The van der Waals surface area contributed by atoms with Crippen LogP contribution in [0, 0.1) is 5.92 Å². The van der Waals surface area contributed by atoms with Crippen molar-refractivity contribution >= 4 is 5.97 Å². The molecule has 3 nitrogen and oxygen atoms in total. The van der Waals surface area contributed by atoms with Gasteiger partial charge >= 0.3 is 5.97 Å². The van der Waals surface area contributed by atoms with Gasteiger partial charge in [-0.3, -0.25) is 4.79 Å². The van der Waals surface area contributed by atoms with Crippen molar-refractivity contribution in [3.63, 3.8) is 0 Å². The predicted octanol–water partition coefficient (Wildman–Crippen LogP) is 5.57. The van der Waals surface area contributed by atoms with Gasteiger partial charge in [-0.15, -0.1) is 0 Å². The van der Waals surface area contributed by atoms with Crippen molar-refractivity contribution in [2.75, 3.05) is 0 Å². The molecule has 2 unspecified atom stereocenters. The van der Waals surface area contributed by atoms with Gasteiger partial charge in [0.05, 0.1) is 12.0 Å². The van der Waals surface area contributed by atoms with E-state index in [1.54, 1.807) is 6.92 Å². The highest BCUT2D eigenvalue weighted by molar-refractivity contribution is 5.71. The summed E-state index contributed by atoms with van der Waals surface area (Å²) < 4.78 is 6.16. The Morgan fingerprint density at radius 2 is 1.80 bits per heavy atom. The van der Waals surface area contributed by atoms with Crippen LogP contribution in [0.1, 0.15) is 45.6 Å². The minimum Gasteiger partial charge on any atom is -0.490 e. The molecule has 0 radical (unpaired) electrons. The molecular formula is C22H28O3. The summed E-state index contributed by atoms with van der Waals surface area (Å²) in [5.74, 6) is -0.181. The summed E-state index contributed by atoms with van der Waals surface area (Å²) in [6, 6.07) is 16.4. The van der Waals surface area contributed by atoms with E-state index in [-0.39, 0.29) is 12.0 Å². The monoisotopic (exact) mass is 340 g/mol. The summed E-state index contributed by atoms with van der Waals surface area (Å²) in [6.45, 7) is 6.01. The van der Waals surface area contributed by atoms with Crippen LogP contribution in [0.25, 0.3) is 11.1 Å². The van der Waals surface area contributed by atoms with Gasteiger partial charge in [0, 0.05) is 5.56 Å². The van der Waals surface area contributed by atoms with Crippen LogP contribution in [-0.2, 0) is 11.2 Å². The molecule has 0 saturated heterocycles. The Bertz CT molecular complexity index is 679. The van der Waals surface area contributed by atoms with E-state index in [2.05, 4.69) is 38.1 Å². The molecule has 0 aliphatic heterocycles. The lowest BCUT2D eigenvalue weighted by atomic mass is 9.97. The third-order valence-electron chi connectivity index (χ3n) is 4.44. The van der Waals surface area contributed by atoms with Gasteiger partial charge < -0.3 is 9.84 Å². The zero-order chi connectivity index (χ0) is 18.2. The number of carbonyl (C=O) groups is 1. The fourth-order valence-corrected chi connectivity index (χ4v) is 2.87. The predicted molar refractivity (Wildman–Crippen MR) is 102 cm³/mol. The largest absolute Gasteiger partial charge is 0.490 e. The molecule has 0 heterocycles. The Labute approximate surface area is 150 Å². The molecule has 1 N–H and O–H groups in total. The molecule has 2 aromatic rings. The van der Waals surface area contributed by atoms with Crippen LogP contribution in [0.15, 0.2) is 48.5 Å². The molecule has 0 amide bonds. The summed E-state index contributed by atoms with van der Waals surface area (Å²) in [7, 11) is 0. The fourth-order valence-electron chi connectivity index (χ4n) is 2.87. The molecule has 0 aromatic heterocycles. The SMILES string of the molecule is CCCC(C)Oc1ccc(CCC(C)C(=O)O)cc1-c1ccccc1. The lowest BCUT2D eigenvalue weighted by Crippen LogP contribution is -2.12. The first kappa shape index (κ1) is 19.0. The summed E-state index contributed by atoms with van der Waals surface area (Å²) >= 11 is 0. The molecule has 0 fully saturated rings. The van der Waals surface area contributed by atoms with Crippen molar-refractivity contribution in [1.29, 1.82) is 0 Å². The van der Waals surface area contributed by atoms with Gasteiger partial charge in [0.25, 0.3) is 0 Å². The molecule has 0 bridgehead atoms. The van der Waals surface area contributed by atoms with E-state index < -0.39 is 5.97 Å². The van der Waals surface area contributed by atoms with Crippen LogP contribution in [0.4, 0.5) is 0 Å². The molecule has 0 spiro atoms. The van der Waals surface area contributed by atoms with Crippen LogP contribution >= 0.6 is 0 Å². The first-order chi connectivity index (χ1) is 12.0. The minimum absolute atomic E-state index is 0.172. The van der Waals surface area contributed by atoms with E-state index in [0.717, 1.165) is 41.7 Å². The van der Waals surface area contributed by atoms with Crippen molar-refractivity contribution in [3.05, 3.63) is 54.1 Å². The molecule has 2 rings (SSSR count). The summed E-state index contributed by atoms with van der Waals surface area (Å²) in [5, 5.41) is 9.07. The van der Waals surface area contributed by atoms with Crippen LogP contribution in [0.2, 0.25) is 0 Å². The molecule has 2 atom stereocenters. The average molecular weight is 340 g/mol. The Balaban J connectivity index is 2.26. The topological polar surface area (TPSA) is 46.5 Å². The average Bonchev–Trinajstić information content (AvgIpc) is 2.61. The number of carboxylic acids is 1. The second-order valence-electron chi connectivity index (χ2n) is 6.69. The highest BCUT2D eigenvalue weighted by atomic mass is 16.5. The molecule has 25 heavy (non-hydrogen) atoms. The number of rotatable bonds is 9. The number of aliphatic carboxylic acids is 1. The van der Waals surface area contributed by atoms with Gasteiger partial charge in [-0.1, -0.05) is 56.7 Å². The van der Waals surface area contributed by atoms with Gasteiger partial charge in [0.2, 0.25) is 0 Å². The van der Waals surface area contributed by atoms with Crippen molar-refractivity contribution in [2.24, 2.45) is 5.92 Å². The van der Waals surface area contributed by atoms with Gasteiger partial charge in [-0.2, -0.15) is 0 Å². The number of hydrogen-bond donors (Lipinski definition) is 1. The Hall–Kier alpha value is -2.29. The Kier molecular flexibility index (Phi) is 7.05. The van der Waals surface area contributed by atoms with Gasteiger partial charge in [0.1, 0.15) is 5.75 Å². The summed E-state index contributed by atoms with van der Waals surface area (Å²) in [4.78, 5) is 11.0. The highest BCUT2D eigenvalue weighted by Crippen LogP contribution is 2.32. The number of hydrogen-bond acceptors (Lipinski definition) is 2. The molecular weight excluding hydrogens is 312 g/mol. The zero-order valence-electron chi connectivity index (χ0n) is 15.4. The van der Waals surface area contributed by atoms with Crippen LogP contribution in [-0.4, -0.2) is 17.2 Å². The van der Waals surface area contributed by atoms with E-state index in [1.165, 1.54) is 0 Å². The standard InChI is InChI=1S/C22H28O3/c1-4-8-17(3)25-21-14-13-18(12-11-16(2)22(23)24)15-20(21)19-9-6-5-7-10-19/h5-7,9-10,13-17H,4,8,11-12H2,1-3H3,(H,23,24). The van der Waals surface area contributed by atoms with Crippen molar-refractivity contribution in [1.82, 2.24) is 0 Å². The third kappa shape index (κ3) is 5.63. The number of ether oxygens (including phenoxy) is 1. The number of aryl methyl sites for hydroxylation is 1. The van der Waals surface area contributed by atoms with Gasteiger partial charge in [-0.05, 0) is 49.4 Å². The normalized spacial score (nSPS) is 13.2. The maximum absolute atomic E-state index is 11.0. The van der Waals surface area contributed by atoms with Crippen LogP contribution in [0.3, 0.4) is 0 Å². The first-order valence-electron chi connectivity index (χ1n) is 9.09. The minimum atomic E-state index is -0.739. The van der Waals surface area contributed by atoms with E-state index in [9.17, 15) is 4.79 Å². The van der Waals surface area contributed by atoms with Crippen LogP contribution < -0.4 is 4.74 Å². The van der Waals surface area contributed by atoms with Gasteiger partial charge in [-0.25, -0.2) is 0 Å². The number of benzene rings is 2. The molecule has 2 aromatic carbocycles. The molecule has 0 saturated carbocycles.